The zero-order valence-electron chi connectivity index (χ0n) is 34.6. The summed E-state index contributed by atoms with van der Waals surface area (Å²) in [6, 6.07) is 81.4. The standard InChI is InChI=1S/C60H37N3O/c1-5-16-54-46(10-1)47-11-2-6-17-55(47)62(54)45-32-30-44(31-33-45)61(43-28-22-39(23-29-43)41-24-34-50-49-13-4-8-19-58(49)64-59(50)37-41)42-26-20-38(21-27-42)40-25-35-57-53(36-40)52-15-9-14-51-48-12-3-7-18-56(48)63(57)60(51)52/h1-37H. The first kappa shape index (κ1) is 35.0. The molecule has 0 N–H and O–H groups in total. The average Bonchev–Trinajstić information content (AvgIpc) is 4.10. The number of furan rings is 1. The van der Waals surface area contributed by atoms with Crippen molar-refractivity contribution in [2.24, 2.45) is 0 Å². The minimum atomic E-state index is 0.899. The summed E-state index contributed by atoms with van der Waals surface area (Å²) >= 11 is 0. The van der Waals surface area contributed by atoms with E-state index in [9.17, 15) is 0 Å². The number of nitrogens with zero attached hydrogens (tertiary/aromatic N) is 3. The van der Waals surface area contributed by atoms with Gasteiger partial charge in [0.15, 0.2) is 0 Å². The summed E-state index contributed by atoms with van der Waals surface area (Å²) in [4.78, 5) is 2.35. The van der Waals surface area contributed by atoms with Crippen LogP contribution >= 0.6 is 0 Å². The van der Waals surface area contributed by atoms with Crippen LogP contribution in [0.5, 0.6) is 0 Å². The smallest absolute Gasteiger partial charge is 0.136 e. The van der Waals surface area contributed by atoms with E-state index in [1.165, 1.54) is 71.0 Å². The van der Waals surface area contributed by atoms with Crippen LogP contribution in [0.15, 0.2) is 229 Å². The molecule has 4 heteroatoms. The highest BCUT2D eigenvalue weighted by molar-refractivity contribution is 6.23. The van der Waals surface area contributed by atoms with E-state index >= 15 is 0 Å². The minimum Gasteiger partial charge on any atom is -0.456 e. The fraction of sp³-hybridized carbons (Fsp3) is 0. The molecule has 4 nitrogen and oxygen atoms in total. The van der Waals surface area contributed by atoms with Crippen molar-refractivity contribution in [2.45, 2.75) is 0 Å². The zero-order chi connectivity index (χ0) is 41.9. The number of hydrogen-bond donors (Lipinski definition) is 0. The number of para-hydroxylation sites is 5. The average molecular weight is 816 g/mol. The number of rotatable bonds is 6. The van der Waals surface area contributed by atoms with Crippen molar-refractivity contribution in [3.63, 3.8) is 0 Å². The highest BCUT2D eigenvalue weighted by atomic mass is 16.3. The van der Waals surface area contributed by atoms with E-state index in [0.717, 1.165) is 55.8 Å². The largest absolute Gasteiger partial charge is 0.456 e. The lowest BCUT2D eigenvalue weighted by Gasteiger charge is -2.26. The molecule has 0 radical (unpaired) electrons. The maximum Gasteiger partial charge on any atom is 0.136 e. The molecule has 4 aromatic heterocycles. The van der Waals surface area contributed by atoms with Gasteiger partial charge >= 0.3 is 0 Å². The highest BCUT2D eigenvalue weighted by Crippen LogP contribution is 2.42. The fourth-order valence-corrected chi connectivity index (χ4v) is 10.5. The van der Waals surface area contributed by atoms with Gasteiger partial charge in [0, 0.05) is 65.8 Å². The quantitative estimate of drug-likeness (QED) is 0.167. The Morgan fingerprint density at radius 3 is 1.41 bits per heavy atom. The maximum atomic E-state index is 6.27. The molecule has 0 atom stereocenters. The van der Waals surface area contributed by atoms with E-state index in [1.54, 1.807) is 0 Å². The first-order chi connectivity index (χ1) is 31.7. The maximum absolute atomic E-state index is 6.27. The Morgan fingerprint density at radius 2 is 0.750 bits per heavy atom. The molecule has 0 aliphatic heterocycles. The van der Waals surface area contributed by atoms with E-state index in [-0.39, 0.29) is 0 Å². The van der Waals surface area contributed by atoms with E-state index in [0.29, 0.717) is 0 Å². The Hall–Kier alpha value is -8.60. The summed E-state index contributed by atoms with van der Waals surface area (Å²) in [6.07, 6.45) is 0. The van der Waals surface area contributed by atoms with E-state index in [2.05, 4.69) is 226 Å². The van der Waals surface area contributed by atoms with Gasteiger partial charge in [0.2, 0.25) is 0 Å². The Morgan fingerprint density at radius 1 is 0.297 bits per heavy atom. The third-order valence-corrected chi connectivity index (χ3v) is 13.5. The van der Waals surface area contributed by atoms with Crippen molar-refractivity contribution in [3.05, 3.63) is 224 Å². The third kappa shape index (κ3) is 5.11. The molecule has 0 saturated carbocycles. The van der Waals surface area contributed by atoms with Crippen LogP contribution < -0.4 is 4.90 Å². The summed E-state index contributed by atoms with van der Waals surface area (Å²) < 4.78 is 11.1. The molecule has 10 aromatic carbocycles. The van der Waals surface area contributed by atoms with Crippen LogP contribution in [0.25, 0.3) is 110 Å². The van der Waals surface area contributed by atoms with Gasteiger partial charge in [-0.25, -0.2) is 0 Å². The molecule has 0 bridgehead atoms. The van der Waals surface area contributed by atoms with Crippen LogP contribution in [0.2, 0.25) is 0 Å². The summed E-state index contributed by atoms with van der Waals surface area (Å²) in [5.74, 6) is 0. The molecule has 0 unspecified atom stereocenters. The molecule has 298 valence electrons. The lowest BCUT2D eigenvalue weighted by atomic mass is 10.0. The van der Waals surface area contributed by atoms with Crippen molar-refractivity contribution in [3.8, 4) is 27.9 Å². The Balaban J connectivity index is 0.864. The minimum absolute atomic E-state index is 0.899. The van der Waals surface area contributed by atoms with Crippen molar-refractivity contribution in [2.75, 3.05) is 4.90 Å². The van der Waals surface area contributed by atoms with Crippen LogP contribution in [0, 0.1) is 0 Å². The predicted molar refractivity (Wildman–Crippen MR) is 268 cm³/mol. The van der Waals surface area contributed by atoms with Crippen LogP contribution in [0.4, 0.5) is 17.1 Å². The molecule has 0 amide bonds. The van der Waals surface area contributed by atoms with Gasteiger partial charge in [-0.2, -0.15) is 0 Å². The Kier molecular flexibility index (Phi) is 7.36. The van der Waals surface area contributed by atoms with Gasteiger partial charge in [-0.1, -0.05) is 127 Å². The van der Waals surface area contributed by atoms with Gasteiger partial charge < -0.3 is 18.3 Å². The van der Waals surface area contributed by atoms with Gasteiger partial charge in [0.05, 0.1) is 27.6 Å². The van der Waals surface area contributed by atoms with E-state index in [4.69, 9.17) is 4.42 Å². The summed E-state index contributed by atoms with van der Waals surface area (Å²) in [5, 5.41) is 9.96. The normalized spacial score (nSPS) is 12.1. The monoisotopic (exact) mass is 815 g/mol. The molecule has 14 rings (SSSR count). The molecular formula is C60H37N3O. The topological polar surface area (TPSA) is 25.7 Å². The van der Waals surface area contributed by atoms with E-state index < -0.39 is 0 Å². The predicted octanol–water partition coefficient (Wildman–Crippen LogP) is 16.6. The highest BCUT2D eigenvalue weighted by Gasteiger charge is 2.19. The number of fused-ring (bicyclic) bond motifs is 12. The van der Waals surface area contributed by atoms with E-state index in [1.807, 2.05) is 12.1 Å². The summed E-state index contributed by atoms with van der Waals surface area (Å²) in [6.45, 7) is 0. The molecule has 14 aromatic rings. The first-order valence-electron chi connectivity index (χ1n) is 21.9. The third-order valence-electron chi connectivity index (χ3n) is 13.5. The number of benzene rings is 10. The fourth-order valence-electron chi connectivity index (χ4n) is 10.5. The van der Waals surface area contributed by atoms with Crippen LogP contribution in [0.1, 0.15) is 0 Å². The Bertz CT molecular complexity index is 4060. The zero-order valence-corrected chi connectivity index (χ0v) is 34.6. The van der Waals surface area contributed by atoms with Gasteiger partial charge in [-0.15, -0.1) is 0 Å². The number of aromatic nitrogens is 2. The Labute approximate surface area is 368 Å². The van der Waals surface area contributed by atoms with Gasteiger partial charge in [-0.05, 0) is 119 Å². The van der Waals surface area contributed by atoms with Crippen molar-refractivity contribution in [1.82, 2.24) is 8.97 Å². The van der Waals surface area contributed by atoms with Crippen LogP contribution in [-0.2, 0) is 0 Å². The molecule has 0 spiro atoms. The second-order valence-electron chi connectivity index (χ2n) is 16.9. The molecular weight excluding hydrogens is 779 g/mol. The van der Waals surface area contributed by atoms with Gasteiger partial charge in [0.1, 0.15) is 11.2 Å². The lowest BCUT2D eigenvalue weighted by molar-refractivity contribution is 0.669. The number of anilines is 3. The molecule has 0 fully saturated rings. The molecule has 0 aliphatic rings. The SMILES string of the molecule is c1ccc2c(c1)oc1cc(-c3ccc(N(c4ccc(-c5ccc6c(c5)c5cccc7c8ccccc8n6c75)cc4)c4ccc(-n5c6ccccc6c6ccccc65)cc4)cc3)ccc12. The second-order valence-corrected chi connectivity index (χ2v) is 16.9. The first-order valence-corrected chi connectivity index (χ1v) is 21.9. The summed E-state index contributed by atoms with van der Waals surface area (Å²) in [7, 11) is 0. The molecule has 64 heavy (non-hydrogen) atoms. The van der Waals surface area contributed by atoms with Crippen LogP contribution in [0.3, 0.4) is 0 Å². The van der Waals surface area contributed by atoms with Gasteiger partial charge in [-0.3, -0.25) is 0 Å². The van der Waals surface area contributed by atoms with Crippen molar-refractivity contribution >= 4 is 98.9 Å². The van der Waals surface area contributed by atoms with Crippen LogP contribution in [-0.4, -0.2) is 8.97 Å². The lowest BCUT2D eigenvalue weighted by Crippen LogP contribution is -2.10. The van der Waals surface area contributed by atoms with Gasteiger partial charge in [0.25, 0.3) is 0 Å². The summed E-state index contributed by atoms with van der Waals surface area (Å²) in [5.41, 5.74) is 17.0. The number of hydrogen-bond acceptors (Lipinski definition) is 2. The molecule has 4 heterocycles. The molecule has 0 saturated heterocycles. The van der Waals surface area contributed by atoms with Crippen molar-refractivity contribution in [1.29, 1.82) is 0 Å². The molecule has 0 aliphatic carbocycles. The van der Waals surface area contributed by atoms with Crippen molar-refractivity contribution < 1.29 is 4.42 Å². The second kappa shape index (κ2) is 13.4.